The van der Waals surface area contributed by atoms with Crippen LogP contribution >= 0.6 is 11.8 Å². The average Bonchev–Trinajstić information content (AvgIpc) is 3.02. The van der Waals surface area contributed by atoms with Crippen molar-refractivity contribution in [3.8, 4) is 11.4 Å². The van der Waals surface area contributed by atoms with Crippen LogP contribution < -0.4 is 11.2 Å². The minimum Gasteiger partial charge on any atom is -0.335 e. The van der Waals surface area contributed by atoms with E-state index in [2.05, 4.69) is 15.5 Å². The van der Waals surface area contributed by atoms with Crippen molar-refractivity contribution in [3.63, 3.8) is 0 Å². The lowest BCUT2D eigenvalue weighted by molar-refractivity contribution is -0.384. The lowest BCUT2D eigenvalue weighted by Crippen LogP contribution is -2.17. The third kappa shape index (κ3) is 4.26. The zero-order chi connectivity index (χ0) is 20.3. The van der Waals surface area contributed by atoms with Gasteiger partial charge in [0.05, 0.1) is 16.4 Å². The van der Waals surface area contributed by atoms with E-state index in [4.69, 9.17) is 5.84 Å². The number of carbonyl (C=O) groups is 1. The SMILES string of the molecule is Cc1ccc([N+](=O)[O-])cc1NC(=O)CSc1nnc(-c2cccc(F)c2)n1N. The van der Waals surface area contributed by atoms with Crippen molar-refractivity contribution in [1.29, 1.82) is 0 Å². The Balaban J connectivity index is 1.67. The molecule has 0 atom stereocenters. The van der Waals surface area contributed by atoms with Crippen LogP contribution in [0.1, 0.15) is 5.56 Å². The molecule has 2 aromatic carbocycles. The first-order chi connectivity index (χ1) is 13.3. The largest absolute Gasteiger partial charge is 0.335 e. The molecule has 0 fully saturated rings. The van der Waals surface area contributed by atoms with Crippen molar-refractivity contribution < 1.29 is 14.1 Å². The minimum absolute atomic E-state index is 0.0411. The van der Waals surface area contributed by atoms with Gasteiger partial charge in [0.1, 0.15) is 5.82 Å². The van der Waals surface area contributed by atoms with Crippen molar-refractivity contribution in [2.75, 3.05) is 16.9 Å². The summed E-state index contributed by atoms with van der Waals surface area (Å²) in [5, 5.41) is 21.6. The minimum atomic E-state index is -0.533. The number of rotatable bonds is 6. The van der Waals surface area contributed by atoms with Gasteiger partial charge in [-0.05, 0) is 24.6 Å². The third-order valence-electron chi connectivity index (χ3n) is 3.79. The van der Waals surface area contributed by atoms with Crippen molar-refractivity contribution in [2.24, 2.45) is 0 Å². The molecule has 0 saturated carbocycles. The van der Waals surface area contributed by atoms with E-state index < -0.39 is 10.7 Å². The number of nitro benzene ring substituents is 1. The number of nitro groups is 1. The number of thioether (sulfide) groups is 1. The number of nitrogen functional groups attached to an aromatic ring is 1. The van der Waals surface area contributed by atoms with Crippen LogP contribution in [0.3, 0.4) is 0 Å². The normalized spacial score (nSPS) is 10.6. The molecule has 144 valence electrons. The van der Waals surface area contributed by atoms with Crippen LogP contribution in [0.2, 0.25) is 0 Å². The van der Waals surface area contributed by atoms with Gasteiger partial charge in [-0.25, -0.2) is 9.07 Å². The molecule has 3 N–H and O–H groups in total. The maximum absolute atomic E-state index is 13.4. The van der Waals surface area contributed by atoms with Crippen LogP contribution in [0.4, 0.5) is 15.8 Å². The monoisotopic (exact) mass is 402 g/mol. The number of non-ortho nitro benzene ring substituents is 1. The number of hydrogen-bond donors (Lipinski definition) is 2. The van der Waals surface area contributed by atoms with Crippen molar-refractivity contribution >= 4 is 29.0 Å². The fourth-order valence-electron chi connectivity index (χ4n) is 2.37. The molecule has 1 heterocycles. The van der Waals surface area contributed by atoms with E-state index in [0.29, 0.717) is 16.8 Å². The fourth-order valence-corrected chi connectivity index (χ4v) is 3.03. The van der Waals surface area contributed by atoms with Gasteiger partial charge in [-0.1, -0.05) is 30.0 Å². The van der Waals surface area contributed by atoms with Crippen LogP contribution in [0.5, 0.6) is 0 Å². The highest BCUT2D eigenvalue weighted by Gasteiger charge is 2.15. The molecule has 11 heteroatoms. The maximum Gasteiger partial charge on any atom is 0.271 e. The number of nitrogens with zero attached hydrogens (tertiary/aromatic N) is 4. The predicted molar refractivity (Wildman–Crippen MR) is 103 cm³/mol. The molecule has 0 unspecified atom stereocenters. The summed E-state index contributed by atoms with van der Waals surface area (Å²) in [4.78, 5) is 22.5. The molecule has 0 aliphatic rings. The highest BCUT2D eigenvalue weighted by molar-refractivity contribution is 7.99. The van der Waals surface area contributed by atoms with Gasteiger partial charge in [-0.3, -0.25) is 14.9 Å². The van der Waals surface area contributed by atoms with Crippen molar-refractivity contribution in [2.45, 2.75) is 12.1 Å². The van der Waals surface area contributed by atoms with Crippen molar-refractivity contribution in [3.05, 3.63) is 64.0 Å². The summed E-state index contributed by atoms with van der Waals surface area (Å²) in [6.07, 6.45) is 0. The number of anilines is 1. The average molecular weight is 402 g/mol. The number of aryl methyl sites for hydroxylation is 1. The Morgan fingerprint density at radius 3 is 2.82 bits per heavy atom. The lowest BCUT2D eigenvalue weighted by atomic mass is 10.2. The molecule has 0 aliphatic carbocycles. The Morgan fingerprint density at radius 2 is 2.11 bits per heavy atom. The summed E-state index contributed by atoms with van der Waals surface area (Å²) in [5.41, 5.74) is 1.39. The molecule has 0 radical (unpaired) electrons. The van der Waals surface area contributed by atoms with Gasteiger partial charge in [0.2, 0.25) is 11.1 Å². The summed E-state index contributed by atoms with van der Waals surface area (Å²) in [6.45, 7) is 1.73. The first-order valence-electron chi connectivity index (χ1n) is 7.99. The Labute approximate surface area is 162 Å². The first-order valence-corrected chi connectivity index (χ1v) is 8.98. The summed E-state index contributed by atoms with van der Waals surface area (Å²) in [5.74, 6) is 5.35. The Kier molecular flexibility index (Phi) is 5.54. The second-order valence-corrected chi connectivity index (χ2v) is 6.72. The predicted octanol–water partition coefficient (Wildman–Crippen LogP) is 2.75. The standard InChI is InChI=1S/C17H15FN6O3S/c1-10-5-6-13(24(26)27)8-14(10)20-15(25)9-28-17-22-21-16(23(17)19)11-3-2-4-12(18)7-11/h2-8H,9,19H2,1H3,(H,20,25). The molecule has 9 nitrogen and oxygen atoms in total. The molecule has 0 spiro atoms. The zero-order valence-electron chi connectivity index (χ0n) is 14.6. The van der Waals surface area contributed by atoms with Gasteiger partial charge in [-0.2, -0.15) is 0 Å². The van der Waals surface area contributed by atoms with Gasteiger partial charge in [0.15, 0.2) is 5.82 Å². The highest BCUT2D eigenvalue weighted by Crippen LogP contribution is 2.24. The smallest absolute Gasteiger partial charge is 0.271 e. The quantitative estimate of drug-likeness (QED) is 0.281. The fraction of sp³-hybridized carbons (Fsp3) is 0.118. The van der Waals surface area contributed by atoms with E-state index in [1.165, 1.54) is 35.0 Å². The molecule has 0 aliphatic heterocycles. The van der Waals surface area contributed by atoms with E-state index in [1.807, 2.05) is 0 Å². The molecule has 3 rings (SSSR count). The number of nitrogens with one attached hydrogen (secondary N) is 1. The topological polar surface area (TPSA) is 129 Å². The van der Waals surface area contributed by atoms with Crippen LogP contribution in [0.25, 0.3) is 11.4 Å². The number of aromatic nitrogens is 3. The van der Waals surface area contributed by atoms with Crippen LogP contribution in [0, 0.1) is 22.9 Å². The van der Waals surface area contributed by atoms with E-state index in [0.717, 1.165) is 11.8 Å². The lowest BCUT2D eigenvalue weighted by Gasteiger charge is -2.08. The Bertz CT molecular complexity index is 1060. The Morgan fingerprint density at radius 1 is 1.32 bits per heavy atom. The zero-order valence-corrected chi connectivity index (χ0v) is 15.4. The number of benzene rings is 2. The number of halogens is 1. The molecule has 28 heavy (non-hydrogen) atoms. The van der Waals surface area contributed by atoms with E-state index in [1.54, 1.807) is 19.1 Å². The number of carbonyl (C=O) groups excluding carboxylic acids is 1. The second kappa shape index (κ2) is 8.05. The second-order valence-electron chi connectivity index (χ2n) is 5.78. The molecular weight excluding hydrogens is 387 g/mol. The first kappa shape index (κ1) is 19.3. The molecule has 1 amide bonds. The van der Waals surface area contributed by atoms with Gasteiger partial charge in [-0.15, -0.1) is 10.2 Å². The van der Waals surface area contributed by atoms with Gasteiger partial charge < -0.3 is 11.2 Å². The van der Waals surface area contributed by atoms with Gasteiger partial charge in [0, 0.05) is 17.7 Å². The highest BCUT2D eigenvalue weighted by atomic mass is 32.2. The Hall–Kier alpha value is -3.47. The van der Waals surface area contributed by atoms with Crippen LogP contribution in [-0.4, -0.2) is 31.5 Å². The molecule has 1 aromatic heterocycles. The molecule has 0 bridgehead atoms. The number of amides is 1. The molecule has 0 saturated heterocycles. The maximum atomic E-state index is 13.4. The van der Waals surface area contributed by atoms with Crippen LogP contribution in [0.15, 0.2) is 47.6 Å². The number of nitrogens with two attached hydrogens (primary N) is 1. The summed E-state index contributed by atoms with van der Waals surface area (Å²) >= 11 is 1.04. The van der Waals surface area contributed by atoms with E-state index >= 15 is 0 Å². The van der Waals surface area contributed by atoms with Crippen LogP contribution in [-0.2, 0) is 4.79 Å². The van der Waals surface area contributed by atoms with Gasteiger partial charge >= 0.3 is 0 Å². The van der Waals surface area contributed by atoms with Crippen molar-refractivity contribution in [1.82, 2.24) is 14.9 Å². The van der Waals surface area contributed by atoms with Gasteiger partial charge in [0.25, 0.3) is 5.69 Å². The third-order valence-corrected chi connectivity index (χ3v) is 4.73. The number of hydrogen-bond acceptors (Lipinski definition) is 7. The summed E-state index contributed by atoms with van der Waals surface area (Å²) in [6, 6.07) is 9.97. The van der Waals surface area contributed by atoms with E-state index in [9.17, 15) is 19.3 Å². The van der Waals surface area contributed by atoms with E-state index in [-0.39, 0.29) is 28.3 Å². The molecule has 3 aromatic rings. The summed E-state index contributed by atoms with van der Waals surface area (Å²) in [7, 11) is 0. The summed E-state index contributed by atoms with van der Waals surface area (Å²) < 4.78 is 14.5. The molecular formula is C17H15FN6O3S.